The van der Waals surface area contributed by atoms with Crippen molar-refractivity contribution in [1.82, 2.24) is 0 Å². The number of carbonyl (C=O) groups excluding carboxylic acids is 1. The van der Waals surface area contributed by atoms with Crippen molar-refractivity contribution in [3.63, 3.8) is 0 Å². The van der Waals surface area contributed by atoms with E-state index in [9.17, 15) is 4.79 Å². The molecule has 3 nitrogen and oxygen atoms in total. The molecule has 3 heteroatoms. The molecule has 0 N–H and O–H groups in total. The molecule has 2 saturated carbocycles. The van der Waals surface area contributed by atoms with Crippen molar-refractivity contribution in [2.24, 2.45) is 11.8 Å². The van der Waals surface area contributed by atoms with Gasteiger partial charge in [-0.3, -0.25) is 4.79 Å². The third kappa shape index (κ3) is 7.98. The average molecular weight is 367 g/mol. The number of hydrogen-bond acceptors (Lipinski definition) is 3. The second-order valence-corrected chi connectivity index (χ2v) is 8.63. The molecule has 0 aromatic carbocycles. The summed E-state index contributed by atoms with van der Waals surface area (Å²) in [5.74, 6) is 1.05. The van der Waals surface area contributed by atoms with Crippen LogP contribution in [0.3, 0.4) is 0 Å². The molecule has 0 heterocycles. The van der Waals surface area contributed by atoms with Gasteiger partial charge < -0.3 is 9.47 Å². The van der Waals surface area contributed by atoms with Gasteiger partial charge in [0, 0.05) is 6.61 Å². The Kier molecular flexibility index (Phi) is 10.7. The Balaban J connectivity index is 1.54. The van der Waals surface area contributed by atoms with E-state index in [0.29, 0.717) is 6.10 Å². The number of rotatable bonds is 11. The number of hydrogen-bond donors (Lipinski definition) is 0. The van der Waals surface area contributed by atoms with Crippen molar-refractivity contribution in [1.29, 1.82) is 0 Å². The van der Waals surface area contributed by atoms with Crippen molar-refractivity contribution in [2.45, 2.75) is 122 Å². The highest BCUT2D eigenvalue weighted by molar-refractivity contribution is 5.72. The SMILES string of the molecule is CCCCCCCOC1CCC(C(=O)OC2CCC(CCC)CC2)CC1. The number of unbranched alkanes of at least 4 members (excludes halogenated alkanes) is 4. The molecule has 26 heavy (non-hydrogen) atoms. The van der Waals surface area contributed by atoms with Crippen LogP contribution in [-0.4, -0.2) is 24.8 Å². The number of esters is 1. The summed E-state index contributed by atoms with van der Waals surface area (Å²) in [6.45, 7) is 5.40. The van der Waals surface area contributed by atoms with Crippen LogP contribution in [0.2, 0.25) is 0 Å². The lowest BCUT2D eigenvalue weighted by atomic mass is 9.84. The summed E-state index contributed by atoms with van der Waals surface area (Å²) in [5.41, 5.74) is 0. The van der Waals surface area contributed by atoms with Gasteiger partial charge in [-0.15, -0.1) is 0 Å². The normalized spacial score (nSPS) is 29.5. The summed E-state index contributed by atoms with van der Waals surface area (Å²) in [4.78, 5) is 12.5. The molecule has 2 rings (SSSR count). The van der Waals surface area contributed by atoms with Crippen LogP contribution < -0.4 is 0 Å². The lowest BCUT2D eigenvalue weighted by Gasteiger charge is -2.31. The number of ether oxygens (including phenoxy) is 2. The lowest BCUT2D eigenvalue weighted by molar-refractivity contribution is -0.158. The molecule has 0 amide bonds. The molecule has 0 saturated heterocycles. The molecule has 0 aromatic rings. The summed E-state index contributed by atoms with van der Waals surface area (Å²) < 4.78 is 11.9. The van der Waals surface area contributed by atoms with Crippen molar-refractivity contribution < 1.29 is 14.3 Å². The average Bonchev–Trinajstić information content (AvgIpc) is 2.67. The summed E-state index contributed by atoms with van der Waals surface area (Å²) in [5, 5.41) is 0. The van der Waals surface area contributed by atoms with Gasteiger partial charge in [-0.1, -0.05) is 52.4 Å². The first-order valence-electron chi connectivity index (χ1n) is 11.5. The molecule has 0 atom stereocenters. The minimum absolute atomic E-state index is 0.0713. The minimum Gasteiger partial charge on any atom is -0.462 e. The predicted molar refractivity (Wildman–Crippen MR) is 107 cm³/mol. The van der Waals surface area contributed by atoms with Gasteiger partial charge in [0.15, 0.2) is 0 Å². The molecular formula is C23H42O3. The van der Waals surface area contributed by atoms with Gasteiger partial charge in [-0.05, 0) is 63.7 Å². The van der Waals surface area contributed by atoms with Crippen molar-refractivity contribution in [3.8, 4) is 0 Å². The van der Waals surface area contributed by atoms with E-state index in [0.717, 1.165) is 51.0 Å². The van der Waals surface area contributed by atoms with Gasteiger partial charge in [0.1, 0.15) is 6.10 Å². The van der Waals surface area contributed by atoms with Crippen molar-refractivity contribution >= 4 is 5.97 Å². The van der Waals surface area contributed by atoms with Crippen molar-refractivity contribution in [2.75, 3.05) is 6.61 Å². The van der Waals surface area contributed by atoms with Crippen LogP contribution in [0.15, 0.2) is 0 Å². The van der Waals surface area contributed by atoms with Crippen LogP contribution in [0.1, 0.15) is 110 Å². The number of carbonyl (C=O) groups is 1. The first-order chi connectivity index (χ1) is 12.7. The zero-order chi connectivity index (χ0) is 18.6. The van der Waals surface area contributed by atoms with Crippen LogP contribution in [0.4, 0.5) is 0 Å². The van der Waals surface area contributed by atoms with Gasteiger partial charge >= 0.3 is 5.97 Å². The molecule has 2 fully saturated rings. The van der Waals surface area contributed by atoms with E-state index < -0.39 is 0 Å². The smallest absolute Gasteiger partial charge is 0.309 e. The minimum atomic E-state index is 0.0713. The summed E-state index contributed by atoms with van der Waals surface area (Å²) >= 11 is 0. The van der Waals surface area contributed by atoms with Gasteiger partial charge in [-0.2, -0.15) is 0 Å². The fourth-order valence-corrected chi connectivity index (χ4v) is 4.63. The monoisotopic (exact) mass is 366 g/mol. The Morgan fingerprint density at radius 2 is 1.42 bits per heavy atom. The van der Waals surface area contributed by atoms with E-state index >= 15 is 0 Å². The molecule has 0 unspecified atom stereocenters. The van der Waals surface area contributed by atoms with Crippen LogP contribution in [0.25, 0.3) is 0 Å². The Morgan fingerprint density at radius 1 is 0.769 bits per heavy atom. The van der Waals surface area contributed by atoms with E-state index in [1.54, 1.807) is 0 Å². The molecule has 0 aliphatic heterocycles. The van der Waals surface area contributed by atoms with E-state index in [1.807, 2.05) is 0 Å². The zero-order valence-corrected chi connectivity index (χ0v) is 17.3. The van der Waals surface area contributed by atoms with Crippen LogP contribution in [0, 0.1) is 11.8 Å². The molecule has 0 bridgehead atoms. The summed E-state index contributed by atoms with van der Waals surface area (Å²) in [6.07, 6.45) is 18.2. The van der Waals surface area contributed by atoms with Gasteiger partial charge in [0.05, 0.1) is 12.0 Å². The maximum Gasteiger partial charge on any atom is 0.309 e. The Bertz CT molecular complexity index is 366. The molecule has 152 valence electrons. The Labute approximate surface area is 161 Å². The fraction of sp³-hybridized carbons (Fsp3) is 0.957. The van der Waals surface area contributed by atoms with Gasteiger partial charge in [-0.25, -0.2) is 0 Å². The first kappa shape index (κ1) is 21.7. The maximum atomic E-state index is 12.5. The molecule has 0 spiro atoms. The Hall–Kier alpha value is -0.570. The molecule has 2 aliphatic rings. The summed E-state index contributed by atoms with van der Waals surface area (Å²) in [6, 6.07) is 0. The third-order valence-corrected chi connectivity index (χ3v) is 6.38. The second kappa shape index (κ2) is 12.8. The van der Waals surface area contributed by atoms with Crippen molar-refractivity contribution in [3.05, 3.63) is 0 Å². The fourth-order valence-electron chi connectivity index (χ4n) is 4.63. The predicted octanol–water partition coefficient (Wildman–Crippen LogP) is 6.43. The quantitative estimate of drug-likeness (QED) is 0.312. The van der Waals surface area contributed by atoms with Gasteiger partial charge in [0.25, 0.3) is 0 Å². The van der Waals surface area contributed by atoms with E-state index in [2.05, 4.69) is 13.8 Å². The van der Waals surface area contributed by atoms with E-state index in [1.165, 1.54) is 57.8 Å². The topological polar surface area (TPSA) is 35.5 Å². The molecule has 0 radical (unpaired) electrons. The molecular weight excluding hydrogens is 324 g/mol. The van der Waals surface area contributed by atoms with Crippen LogP contribution in [-0.2, 0) is 14.3 Å². The van der Waals surface area contributed by atoms with E-state index in [4.69, 9.17) is 9.47 Å². The highest BCUT2D eigenvalue weighted by atomic mass is 16.5. The van der Waals surface area contributed by atoms with Gasteiger partial charge in [0.2, 0.25) is 0 Å². The largest absolute Gasteiger partial charge is 0.462 e. The van der Waals surface area contributed by atoms with Crippen LogP contribution >= 0.6 is 0 Å². The second-order valence-electron chi connectivity index (χ2n) is 8.63. The standard InChI is InChI=1S/C23H42O3/c1-3-5-6-7-8-18-25-21-16-12-20(13-17-21)23(24)26-22-14-10-19(9-4-2)11-15-22/h19-22H,3-18H2,1-2H3. The highest BCUT2D eigenvalue weighted by Crippen LogP contribution is 2.32. The Morgan fingerprint density at radius 3 is 2.08 bits per heavy atom. The highest BCUT2D eigenvalue weighted by Gasteiger charge is 2.30. The van der Waals surface area contributed by atoms with E-state index in [-0.39, 0.29) is 18.0 Å². The maximum absolute atomic E-state index is 12.5. The van der Waals surface area contributed by atoms with Crippen LogP contribution in [0.5, 0.6) is 0 Å². The summed E-state index contributed by atoms with van der Waals surface area (Å²) in [7, 11) is 0. The zero-order valence-electron chi connectivity index (χ0n) is 17.3. The first-order valence-corrected chi connectivity index (χ1v) is 11.5. The molecule has 0 aromatic heterocycles. The lowest BCUT2D eigenvalue weighted by Crippen LogP contribution is -2.31. The third-order valence-electron chi connectivity index (χ3n) is 6.38. The molecule has 2 aliphatic carbocycles.